The van der Waals surface area contributed by atoms with Crippen molar-refractivity contribution in [3.05, 3.63) is 70.1 Å². The molecule has 6 nitrogen and oxygen atoms in total. The summed E-state index contributed by atoms with van der Waals surface area (Å²) in [4.78, 5) is 22.2. The Morgan fingerprint density at radius 1 is 0.879 bits per heavy atom. The van der Waals surface area contributed by atoms with Gasteiger partial charge in [-0.2, -0.15) is 0 Å². The molecule has 0 bridgehead atoms. The van der Waals surface area contributed by atoms with Crippen LogP contribution in [-0.2, 0) is 19.7 Å². The van der Waals surface area contributed by atoms with E-state index in [0.29, 0.717) is 63.5 Å². The monoisotopic (exact) mass is 469 g/mol. The number of amides is 1. The van der Waals surface area contributed by atoms with Crippen LogP contribution in [0.1, 0.15) is 37.5 Å². The normalized spacial score (nSPS) is 18.2. The van der Waals surface area contributed by atoms with Gasteiger partial charge in [-0.3, -0.25) is 4.79 Å². The van der Waals surface area contributed by atoms with Gasteiger partial charge in [-0.1, -0.05) is 56.6 Å². The molecular formula is C26H32ClN3O3. The molecule has 1 amide bonds. The summed E-state index contributed by atoms with van der Waals surface area (Å²) in [6.45, 7) is 11.4. The molecule has 0 N–H and O–H groups in total. The Kier molecular flexibility index (Phi) is 7.37. The maximum absolute atomic E-state index is 14.0. The van der Waals surface area contributed by atoms with Gasteiger partial charge in [0, 0.05) is 37.9 Å². The molecule has 33 heavy (non-hydrogen) atoms. The number of pyridine rings is 1. The number of halogens is 1. The summed E-state index contributed by atoms with van der Waals surface area (Å²) in [6, 6.07) is 12.3. The summed E-state index contributed by atoms with van der Waals surface area (Å²) in [5, 5.41) is 0.400. The van der Waals surface area contributed by atoms with Crippen molar-refractivity contribution in [3.8, 4) is 0 Å². The summed E-state index contributed by atoms with van der Waals surface area (Å²) < 4.78 is 11.1. The molecule has 1 aromatic heterocycles. The van der Waals surface area contributed by atoms with Gasteiger partial charge < -0.3 is 19.3 Å². The van der Waals surface area contributed by atoms with Crippen LogP contribution < -0.4 is 0 Å². The zero-order chi connectivity index (χ0) is 23.4. The fourth-order valence-electron chi connectivity index (χ4n) is 4.24. The molecular weight excluding hydrogens is 438 g/mol. The van der Waals surface area contributed by atoms with Crippen LogP contribution in [0.5, 0.6) is 0 Å². The standard InChI is InChI=1S/C26H32ClN3O3/c1-26(2,3)21-6-4-19(5-7-21)23(20-8-9-28-22(27)18-20)24(29-10-14-32-15-11-29)25(31)30-12-16-33-17-13-30/h4-9,18H,10-17H2,1-3H3. The maximum Gasteiger partial charge on any atom is 0.270 e. The number of carbonyl (C=O) groups is 1. The lowest BCUT2D eigenvalue weighted by molar-refractivity contribution is -0.133. The molecule has 0 spiro atoms. The SMILES string of the molecule is CC(C)(C)c1ccc(C(=C(C(=O)N2CCOCC2)N2CCOCC2)c2ccnc(Cl)c2)cc1. The molecule has 1 aromatic carbocycles. The van der Waals surface area contributed by atoms with Crippen molar-refractivity contribution < 1.29 is 14.3 Å². The van der Waals surface area contributed by atoms with Gasteiger partial charge in [-0.15, -0.1) is 0 Å². The minimum Gasteiger partial charge on any atom is -0.378 e. The first-order valence-electron chi connectivity index (χ1n) is 11.5. The highest BCUT2D eigenvalue weighted by Gasteiger charge is 2.30. The van der Waals surface area contributed by atoms with Gasteiger partial charge in [-0.05, 0) is 34.2 Å². The highest BCUT2D eigenvalue weighted by atomic mass is 35.5. The molecule has 0 unspecified atom stereocenters. The predicted molar refractivity (Wildman–Crippen MR) is 130 cm³/mol. The number of morpholine rings is 2. The van der Waals surface area contributed by atoms with E-state index in [1.807, 2.05) is 17.0 Å². The molecule has 176 valence electrons. The smallest absolute Gasteiger partial charge is 0.270 e. The van der Waals surface area contributed by atoms with E-state index in [-0.39, 0.29) is 11.3 Å². The number of aromatic nitrogens is 1. The van der Waals surface area contributed by atoms with Crippen molar-refractivity contribution >= 4 is 23.1 Å². The van der Waals surface area contributed by atoms with E-state index in [0.717, 1.165) is 16.7 Å². The lowest BCUT2D eigenvalue weighted by Gasteiger charge is -2.36. The average molecular weight is 470 g/mol. The third-order valence-corrected chi connectivity index (χ3v) is 6.33. The largest absolute Gasteiger partial charge is 0.378 e. The Morgan fingerprint density at radius 3 is 2.00 bits per heavy atom. The zero-order valence-corrected chi connectivity index (χ0v) is 20.4. The molecule has 2 aliphatic rings. The summed E-state index contributed by atoms with van der Waals surface area (Å²) in [5.41, 5.74) is 4.70. The molecule has 0 saturated carbocycles. The quantitative estimate of drug-likeness (QED) is 0.500. The first-order valence-corrected chi connectivity index (χ1v) is 11.9. The number of benzene rings is 1. The fourth-order valence-corrected chi connectivity index (χ4v) is 4.41. The van der Waals surface area contributed by atoms with Gasteiger partial charge in [0.1, 0.15) is 10.9 Å². The van der Waals surface area contributed by atoms with Crippen LogP contribution in [0.2, 0.25) is 5.15 Å². The van der Waals surface area contributed by atoms with E-state index < -0.39 is 0 Å². The lowest BCUT2D eigenvalue weighted by Crippen LogP contribution is -2.47. The van der Waals surface area contributed by atoms with Crippen molar-refractivity contribution in [2.75, 3.05) is 52.6 Å². The van der Waals surface area contributed by atoms with Crippen molar-refractivity contribution in [2.45, 2.75) is 26.2 Å². The van der Waals surface area contributed by atoms with Gasteiger partial charge in [0.2, 0.25) is 0 Å². The van der Waals surface area contributed by atoms with Crippen molar-refractivity contribution in [2.24, 2.45) is 0 Å². The molecule has 0 atom stereocenters. The Morgan fingerprint density at radius 2 is 1.45 bits per heavy atom. The minimum atomic E-state index is 0.0167. The van der Waals surface area contributed by atoms with E-state index in [4.69, 9.17) is 21.1 Å². The third kappa shape index (κ3) is 5.57. The number of rotatable bonds is 4. The number of nitrogens with zero attached hydrogens (tertiary/aromatic N) is 3. The first-order chi connectivity index (χ1) is 15.8. The summed E-state index contributed by atoms with van der Waals surface area (Å²) in [6.07, 6.45) is 1.69. The Balaban J connectivity index is 1.90. The number of hydrogen-bond donors (Lipinski definition) is 0. The molecule has 0 aliphatic carbocycles. The average Bonchev–Trinajstić information content (AvgIpc) is 2.83. The molecule has 2 fully saturated rings. The van der Waals surface area contributed by atoms with Gasteiger partial charge in [0.15, 0.2) is 0 Å². The number of hydrogen-bond acceptors (Lipinski definition) is 5. The molecule has 2 aromatic rings. The highest BCUT2D eigenvalue weighted by molar-refractivity contribution is 6.29. The van der Waals surface area contributed by atoms with Crippen LogP contribution >= 0.6 is 11.6 Å². The van der Waals surface area contributed by atoms with Crippen LogP contribution in [0.3, 0.4) is 0 Å². The van der Waals surface area contributed by atoms with Gasteiger partial charge in [-0.25, -0.2) is 4.98 Å². The molecule has 4 rings (SSSR count). The molecule has 2 aliphatic heterocycles. The van der Waals surface area contributed by atoms with E-state index in [1.165, 1.54) is 5.56 Å². The van der Waals surface area contributed by atoms with Crippen molar-refractivity contribution in [3.63, 3.8) is 0 Å². The molecule has 3 heterocycles. The Labute approximate surface area is 201 Å². The van der Waals surface area contributed by atoms with Crippen LogP contribution in [0, 0.1) is 0 Å². The predicted octanol–water partition coefficient (Wildman–Crippen LogP) is 3.98. The minimum absolute atomic E-state index is 0.0167. The van der Waals surface area contributed by atoms with Crippen LogP contribution in [0.25, 0.3) is 5.57 Å². The number of carbonyl (C=O) groups excluding carboxylic acids is 1. The highest BCUT2D eigenvalue weighted by Crippen LogP contribution is 2.33. The number of ether oxygens (including phenoxy) is 2. The van der Waals surface area contributed by atoms with Gasteiger partial charge in [0.25, 0.3) is 5.91 Å². The second kappa shape index (κ2) is 10.2. The zero-order valence-electron chi connectivity index (χ0n) is 19.6. The molecule has 2 saturated heterocycles. The third-order valence-electron chi connectivity index (χ3n) is 6.12. The Hall–Kier alpha value is -2.41. The van der Waals surface area contributed by atoms with Crippen molar-refractivity contribution in [1.82, 2.24) is 14.8 Å². The van der Waals surface area contributed by atoms with Crippen LogP contribution in [0.15, 0.2) is 48.3 Å². The summed E-state index contributed by atoms with van der Waals surface area (Å²) in [7, 11) is 0. The molecule has 7 heteroatoms. The second-order valence-electron chi connectivity index (χ2n) is 9.42. The van der Waals surface area contributed by atoms with E-state index >= 15 is 0 Å². The van der Waals surface area contributed by atoms with E-state index in [1.54, 1.807) is 6.20 Å². The van der Waals surface area contributed by atoms with E-state index in [2.05, 4.69) is 54.9 Å². The molecule has 0 radical (unpaired) electrons. The Bertz CT molecular complexity index is 1000. The lowest BCUT2D eigenvalue weighted by atomic mass is 9.85. The van der Waals surface area contributed by atoms with Crippen LogP contribution in [0.4, 0.5) is 0 Å². The van der Waals surface area contributed by atoms with Gasteiger partial charge >= 0.3 is 0 Å². The van der Waals surface area contributed by atoms with E-state index in [9.17, 15) is 4.79 Å². The second-order valence-corrected chi connectivity index (χ2v) is 9.81. The van der Waals surface area contributed by atoms with Crippen LogP contribution in [-0.4, -0.2) is 73.3 Å². The maximum atomic E-state index is 14.0. The first kappa shape index (κ1) is 23.7. The van der Waals surface area contributed by atoms with Crippen molar-refractivity contribution in [1.29, 1.82) is 0 Å². The topological polar surface area (TPSA) is 54.9 Å². The van der Waals surface area contributed by atoms with Gasteiger partial charge in [0.05, 0.1) is 26.4 Å². The summed E-state index contributed by atoms with van der Waals surface area (Å²) in [5.74, 6) is 0.0167. The fraction of sp³-hybridized carbons (Fsp3) is 0.462. The summed E-state index contributed by atoms with van der Waals surface area (Å²) >= 11 is 6.30.